The average Bonchev–Trinajstić information content (AvgIpc) is 2.60. The standard InChI is InChI=1S/C9H9NO5S.C9H11NO3S/c1-16(14,15)6-9(11)7-2-4-8(5-3-7)10(12)13;1-14(12,13)6-9(11)7-2-4-8(10)5-3-7/h2-5H,6H2,1H3;2-5H,6,10H2,1H3. The first-order valence-corrected chi connectivity index (χ1v) is 12.3. The van der Waals surface area contributed by atoms with Gasteiger partial charge in [-0.25, -0.2) is 16.8 Å². The van der Waals surface area contributed by atoms with Crippen LogP contribution in [0.5, 0.6) is 0 Å². The van der Waals surface area contributed by atoms with Crippen LogP contribution in [0.3, 0.4) is 0 Å². The Morgan fingerprint density at radius 2 is 1.13 bits per heavy atom. The number of hydrogen-bond donors (Lipinski definition) is 1. The SMILES string of the molecule is CS(=O)(=O)CC(=O)c1ccc(N)cc1.CS(=O)(=O)CC(=O)c1ccc([N+](=O)[O-])cc1. The summed E-state index contributed by atoms with van der Waals surface area (Å²) in [6.45, 7) is 0. The first-order valence-electron chi connectivity index (χ1n) is 8.20. The third-order valence-electron chi connectivity index (χ3n) is 3.42. The average molecular weight is 456 g/mol. The van der Waals surface area contributed by atoms with Crippen LogP contribution >= 0.6 is 0 Å². The number of nitrogens with zero attached hydrogens (tertiary/aromatic N) is 1. The molecule has 0 saturated heterocycles. The molecule has 0 bridgehead atoms. The highest BCUT2D eigenvalue weighted by atomic mass is 32.2. The zero-order valence-corrected chi connectivity index (χ0v) is 17.8. The molecule has 12 heteroatoms. The van der Waals surface area contributed by atoms with Crippen molar-refractivity contribution in [2.45, 2.75) is 0 Å². The van der Waals surface area contributed by atoms with Gasteiger partial charge in [0, 0.05) is 41.5 Å². The van der Waals surface area contributed by atoms with Gasteiger partial charge >= 0.3 is 0 Å². The summed E-state index contributed by atoms with van der Waals surface area (Å²) in [7, 11) is -6.64. The minimum Gasteiger partial charge on any atom is -0.399 e. The van der Waals surface area contributed by atoms with Crippen LogP contribution in [0.2, 0.25) is 0 Å². The molecule has 0 unspecified atom stereocenters. The first-order chi connectivity index (χ1) is 13.7. The van der Waals surface area contributed by atoms with E-state index in [2.05, 4.69) is 0 Å². The molecule has 0 atom stereocenters. The lowest BCUT2D eigenvalue weighted by Crippen LogP contribution is -2.14. The van der Waals surface area contributed by atoms with Crippen molar-refractivity contribution in [1.82, 2.24) is 0 Å². The minimum atomic E-state index is -3.38. The van der Waals surface area contributed by atoms with Crippen molar-refractivity contribution in [3.8, 4) is 0 Å². The summed E-state index contributed by atoms with van der Waals surface area (Å²) in [6, 6.07) is 11.0. The summed E-state index contributed by atoms with van der Waals surface area (Å²) in [5.74, 6) is -2.04. The Morgan fingerprint density at radius 3 is 1.43 bits per heavy atom. The van der Waals surface area contributed by atoms with E-state index in [-0.39, 0.29) is 11.3 Å². The second-order valence-electron chi connectivity index (χ2n) is 6.41. The molecule has 10 nitrogen and oxygen atoms in total. The van der Waals surface area contributed by atoms with E-state index in [1.54, 1.807) is 12.1 Å². The molecule has 0 amide bonds. The topological polar surface area (TPSA) is 172 Å². The summed E-state index contributed by atoms with van der Waals surface area (Å²) >= 11 is 0. The molecular formula is C18H20N2O8S2. The molecule has 0 aliphatic carbocycles. The van der Waals surface area contributed by atoms with Crippen molar-refractivity contribution in [1.29, 1.82) is 0 Å². The van der Waals surface area contributed by atoms with Gasteiger partial charge in [-0.1, -0.05) is 0 Å². The number of nitrogens with two attached hydrogens (primary N) is 1. The third-order valence-corrected chi connectivity index (χ3v) is 4.99. The second-order valence-corrected chi connectivity index (χ2v) is 10.7. The summed E-state index contributed by atoms with van der Waals surface area (Å²) in [5, 5.41) is 10.3. The molecule has 162 valence electrons. The second kappa shape index (κ2) is 10.1. The highest BCUT2D eigenvalue weighted by Crippen LogP contribution is 2.12. The number of nitro groups is 1. The summed E-state index contributed by atoms with van der Waals surface area (Å²) in [6.07, 6.45) is 1.98. The number of nitrogen functional groups attached to an aromatic ring is 1. The molecule has 0 heterocycles. The molecule has 0 aliphatic heterocycles. The molecule has 0 aromatic heterocycles. The van der Waals surface area contributed by atoms with Gasteiger partial charge in [0.25, 0.3) is 5.69 Å². The molecular weight excluding hydrogens is 436 g/mol. The first kappa shape index (κ1) is 24.9. The maximum Gasteiger partial charge on any atom is 0.269 e. The molecule has 0 saturated carbocycles. The van der Waals surface area contributed by atoms with Gasteiger partial charge in [-0.2, -0.15) is 0 Å². The number of rotatable bonds is 7. The number of nitro benzene ring substituents is 1. The molecule has 0 radical (unpaired) electrons. The van der Waals surface area contributed by atoms with Crippen LogP contribution in [0.25, 0.3) is 0 Å². The molecule has 0 spiro atoms. The Balaban J connectivity index is 0.000000303. The Labute approximate surface area is 173 Å². The third kappa shape index (κ3) is 9.39. The van der Waals surface area contributed by atoms with Crippen LogP contribution in [0.15, 0.2) is 48.5 Å². The van der Waals surface area contributed by atoms with Gasteiger partial charge in [0.1, 0.15) is 11.5 Å². The van der Waals surface area contributed by atoms with Crippen molar-refractivity contribution in [2.24, 2.45) is 0 Å². The summed E-state index contributed by atoms with van der Waals surface area (Å²) in [4.78, 5) is 32.5. The number of ketones is 2. The monoisotopic (exact) mass is 456 g/mol. The zero-order valence-electron chi connectivity index (χ0n) is 16.1. The largest absolute Gasteiger partial charge is 0.399 e. The van der Waals surface area contributed by atoms with E-state index in [1.165, 1.54) is 24.3 Å². The molecule has 2 N–H and O–H groups in total. The van der Waals surface area contributed by atoms with Gasteiger partial charge < -0.3 is 5.73 Å². The fraction of sp³-hybridized carbons (Fsp3) is 0.222. The summed E-state index contributed by atoms with van der Waals surface area (Å²) < 4.78 is 43.4. The number of non-ortho nitro benzene ring substituents is 1. The van der Waals surface area contributed by atoms with Gasteiger partial charge in [-0.05, 0) is 36.4 Å². The predicted octanol–water partition coefficient (Wildman–Crippen LogP) is 1.32. The van der Waals surface area contributed by atoms with E-state index in [0.717, 1.165) is 24.6 Å². The van der Waals surface area contributed by atoms with E-state index in [0.29, 0.717) is 11.3 Å². The maximum atomic E-state index is 11.4. The summed E-state index contributed by atoms with van der Waals surface area (Å²) in [5.41, 5.74) is 6.34. The minimum absolute atomic E-state index is 0.143. The van der Waals surface area contributed by atoms with E-state index in [1.807, 2.05) is 0 Å². The number of carbonyl (C=O) groups is 2. The van der Waals surface area contributed by atoms with Gasteiger partial charge in [-0.3, -0.25) is 19.7 Å². The van der Waals surface area contributed by atoms with Gasteiger partial charge in [0.15, 0.2) is 31.2 Å². The Hall–Kier alpha value is -3.12. The highest BCUT2D eigenvalue weighted by molar-refractivity contribution is 7.91. The van der Waals surface area contributed by atoms with E-state index in [4.69, 9.17) is 5.73 Å². The lowest BCUT2D eigenvalue weighted by atomic mass is 10.1. The molecule has 0 fully saturated rings. The maximum absolute atomic E-state index is 11.4. The number of Topliss-reactive ketones (excluding diaryl/α,β-unsaturated/α-hetero) is 2. The van der Waals surface area contributed by atoms with Crippen molar-refractivity contribution in [3.63, 3.8) is 0 Å². The van der Waals surface area contributed by atoms with Crippen LogP contribution in [0.1, 0.15) is 20.7 Å². The molecule has 2 aromatic rings. The van der Waals surface area contributed by atoms with Gasteiger partial charge in [0.05, 0.1) is 4.92 Å². The molecule has 2 aromatic carbocycles. The fourth-order valence-electron chi connectivity index (χ4n) is 2.08. The van der Waals surface area contributed by atoms with Crippen LogP contribution in [-0.2, 0) is 19.7 Å². The van der Waals surface area contributed by atoms with Crippen molar-refractivity contribution < 1.29 is 31.3 Å². The molecule has 2 rings (SSSR count). The predicted molar refractivity (Wildman–Crippen MR) is 112 cm³/mol. The Morgan fingerprint density at radius 1 is 0.800 bits per heavy atom. The van der Waals surface area contributed by atoms with Crippen LogP contribution < -0.4 is 5.73 Å². The number of hydrogen-bond acceptors (Lipinski definition) is 9. The number of anilines is 1. The Kier molecular flexibility index (Phi) is 8.37. The van der Waals surface area contributed by atoms with E-state index in [9.17, 15) is 36.5 Å². The zero-order chi connectivity index (χ0) is 23.1. The lowest BCUT2D eigenvalue weighted by molar-refractivity contribution is -0.384. The van der Waals surface area contributed by atoms with Crippen LogP contribution in [-0.4, -0.2) is 57.3 Å². The lowest BCUT2D eigenvalue weighted by Gasteiger charge is -1.99. The van der Waals surface area contributed by atoms with Crippen LogP contribution in [0, 0.1) is 10.1 Å². The fourth-order valence-corrected chi connectivity index (χ4v) is 3.37. The van der Waals surface area contributed by atoms with Crippen LogP contribution in [0.4, 0.5) is 11.4 Å². The number of benzene rings is 2. The van der Waals surface area contributed by atoms with Gasteiger partial charge in [0.2, 0.25) is 0 Å². The Bertz CT molecular complexity index is 1140. The van der Waals surface area contributed by atoms with Crippen molar-refractivity contribution in [3.05, 3.63) is 69.8 Å². The molecule has 0 aliphatic rings. The highest BCUT2D eigenvalue weighted by Gasteiger charge is 2.14. The number of carbonyl (C=O) groups excluding carboxylic acids is 2. The quantitative estimate of drug-likeness (QED) is 0.279. The number of sulfone groups is 2. The smallest absolute Gasteiger partial charge is 0.269 e. The van der Waals surface area contributed by atoms with Gasteiger partial charge in [-0.15, -0.1) is 0 Å². The van der Waals surface area contributed by atoms with Crippen molar-refractivity contribution >= 4 is 42.6 Å². The van der Waals surface area contributed by atoms with E-state index >= 15 is 0 Å². The normalized spacial score (nSPS) is 11.1. The van der Waals surface area contributed by atoms with E-state index < -0.39 is 47.7 Å². The molecule has 30 heavy (non-hydrogen) atoms. The van der Waals surface area contributed by atoms with Crippen molar-refractivity contribution in [2.75, 3.05) is 29.8 Å².